The highest BCUT2D eigenvalue weighted by Gasteiger charge is 2.25. The Labute approximate surface area is 226 Å². The van der Waals surface area contributed by atoms with Crippen molar-refractivity contribution in [3.63, 3.8) is 0 Å². The van der Waals surface area contributed by atoms with Gasteiger partial charge in [0.05, 0.1) is 10.7 Å². The Morgan fingerprint density at radius 2 is 1.46 bits per heavy atom. The highest BCUT2D eigenvalue weighted by molar-refractivity contribution is 8.04. The Balaban J connectivity index is 1.19. The van der Waals surface area contributed by atoms with Crippen molar-refractivity contribution in [2.24, 2.45) is 0 Å². The van der Waals surface area contributed by atoms with E-state index in [1.54, 1.807) is 0 Å². The number of thiazole rings is 1. The van der Waals surface area contributed by atoms with Crippen molar-refractivity contribution in [1.82, 2.24) is 0 Å². The predicted molar refractivity (Wildman–Crippen MR) is 163 cm³/mol. The van der Waals surface area contributed by atoms with Gasteiger partial charge in [-0.05, 0) is 48.2 Å². The van der Waals surface area contributed by atoms with Crippen LogP contribution in [0.15, 0.2) is 119 Å². The molecule has 5 aromatic rings. The lowest BCUT2D eigenvalue weighted by molar-refractivity contribution is -0.665. The Bertz CT molecular complexity index is 1740. The van der Waals surface area contributed by atoms with Crippen molar-refractivity contribution < 1.29 is 4.57 Å². The van der Waals surface area contributed by atoms with Crippen molar-refractivity contribution in [3.8, 4) is 0 Å². The molecule has 1 aliphatic rings. The molecule has 2 nitrogen and oxygen atoms in total. The normalized spacial score (nSPS) is 15.1. The van der Waals surface area contributed by atoms with Crippen LogP contribution in [0.4, 0.5) is 5.69 Å². The standard InChI is InChI=1S/C33H29N2S2/c1-3-34-28-22-20-24-14-10-12-16-26(24)32(28)36-30(34)18-8-6-5-7-9-19-31-35(4-2)29-23-21-25-15-11-13-17-27(25)33(29)37-31/h5-23H,3-4H2,1-2H3/q+1. The van der Waals surface area contributed by atoms with Crippen LogP contribution in [0.5, 0.6) is 0 Å². The smallest absolute Gasteiger partial charge is 0.262 e. The number of nitrogens with zero attached hydrogens (tertiary/aromatic N) is 2. The molecule has 0 amide bonds. The number of aromatic nitrogens is 1. The quantitative estimate of drug-likeness (QED) is 0.164. The maximum atomic E-state index is 2.40. The molecular formula is C33H29N2S2+. The second kappa shape index (κ2) is 10.4. The van der Waals surface area contributed by atoms with Crippen LogP contribution in [0.2, 0.25) is 0 Å². The minimum atomic E-state index is 0.957. The largest absolute Gasteiger partial charge is 0.335 e. The molecule has 182 valence electrons. The number of fused-ring (bicyclic) bond motifs is 6. The first-order valence-corrected chi connectivity index (χ1v) is 14.4. The first kappa shape index (κ1) is 23.8. The Morgan fingerprint density at radius 3 is 2.27 bits per heavy atom. The summed E-state index contributed by atoms with van der Waals surface area (Å²) >= 11 is 3.73. The molecule has 37 heavy (non-hydrogen) atoms. The summed E-state index contributed by atoms with van der Waals surface area (Å²) in [6, 6.07) is 26.3. The average molecular weight is 518 g/mol. The number of thioether (sulfide) groups is 1. The number of benzene rings is 4. The summed E-state index contributed by atoms with van der Waals surface area (Å²) in [5.41, 5.74) is 2.62. The molecule has 2 heterocycles. The van der Waals surface area contributed by atoms with Crippen LogP contribution in [0.3, 0.4) is 0 Å². The molecule has 0 atom stereocenters. The SMILES string of the molecule is CCN1C(=CC=CC=CC=Cc2sc3c4ccccc4ccc3[n+]2CC)Sc2c1ccc1ccccc21. The Kier molecular flexibility index (Phi) is 6.69. The van der Waals surface area contributed by atoms with Gasteiger partial charge in [-0.3, -0.25) is 0 Å². The summed E-state index contributed by atoms with van der Waals surface area (Å²) in [7, 11) is 0. The third-order valence-corrected chi connectivity index (χ3v) is 9.20. The van der Waals surface area contributed by atoms with Crippen LogP contribution in [0, 0.1) is 0 Å². The monoisotopic (exact) mass is 517 g/mol. The van der Waals surface area contributed by atoms with Gasteiger partial charge in [0.25, 0.3) is 5.01 Å². The minimum Gasteiger partial charge on any atom is -0.335 e. The zero-order chi connectivity index (χ0) is 25.2. The lowest BCUT2D eigenvalue weighted by Gasteiger charge is -2.17. The van der Waals surface area contributed by atoms with Gasteiger partial charge in [0.1, 0.15) is 11.2 Å². The molecule has 0 aliphatic carbocycles. The van der Waals surface area contributed by atoms with Crippen molar-refractivity contribution in [2.75, 3.05) is 11.4 Å². The Hall–Kier alpha value is -3.60. The molecule has 0 unspecified atom stereocenters. The molecular weight excluding hydrogens is 489 g/mol. The molecule has 6 rings (SSSR count). The maximum Gasteiger partial charge on any atom is 0.262 e. The first-order chi connectivity index (χ1) is 18.3. The summed E-state index contributed by atoms with van der Waals surface area (Å²) < 4.78 is 3.76. The third-order valence-electron chi connectivity index (χ3n) is 6.80. The fourth-order valence-electron chi connectivity index (χ4n) is 5.03. The van der Waals surface area contributed by atoms with Gasteiger partial charge in [-0.1, -0.05) is 108 Å². The van der Waals surface area contributed by atoms with Crippen LogP contribution in [-0.4, -0.2) is 6.54 Å². The van der Waals surface area contributed by atoms with Crippen LogP contribution in [0.1, 0.15) is 18.9 Å². The maximum absolute atomic E-state index is 2.40. The van der Waals surface area contributed by atoms with E-state index in [9.17, 15) is 0 Å². The van der Waals surface area contributed by atoms with E-state index in [4.69, 9.17) is 0 Å². The van der Waals surface area contributed by atoms with Crippen molar-refractivity contribution in [3.05, 3.63) is 119 Å². The fraction of sp³-hybridized carbons (Fsp3) is 0.121. The van der Waals surface area contributed by atoms with Crippen molar-refractivity contribution >= 4 is 66.6 Å². The number of anilines is 1. The number of aryl methyl sites for hydroxylation is 1. The zero-order valence-electron chi connectivity index (χ0n) is 21.1. The average Bonchev–Trinajstić information content (AvgIpc) is 3.50. The van der Waals surface area contributed by atoms with E-state index in [-0.39, 0.29) is 0 Å². The van der Waals surface area contributed by atoms with Crippen LogP contribution >= 0.6 is 23.1 Å². The summed E-state index contributed by atoms with van der Waals surface area (Å²) in [5.74, 6) is 0. The van der Waals surface area contributed by atoms with E-state index in [0.717, 1.165) is 13.1 Å². The fourth-order valence-corrected chi connectivity index (χ4v) is 7.57. The number of hydrogen-bond acceptors (Lipinski definition) is 3. The van der Waals surface area contributed by atoms with Gasteiger partial charge in [-0.25, -0.2) is 0 Å². The number of allylic oxidation sites excluding steroid dienone is 6. The molecule has 1 aromatic heterocycles. The van der Waals surface area contributed by atoms with Crippen molar-refractivity contribution in [2.45, 2.75) is 25.3 Å². The molecule has 0 bridgehead atoms. The van der Waals surface area contributed by atoms with E-state index in [0.29, 0.717) is 0 Å². The second-order valence-electron chi connectivity index (χ2n) is 8.93. The predicted octanol–water partition coefficient (Wildman–Crippen LogP) is 9.11. The van der Waals surface area contributed by atoms with Crippen molar-refractivity contribution in [1.29, 1.82) is 0 Å². The molecule has 0 N–H and O–H groups in total. The minimum absolute atomic E-state index is 0.957. The summed E-state index contributed by atoms with van der Waals surface area (Å²) in [6.45, 7) is 6.34. The van der Waals surface area contributed by atoms with E-state index >= 15 is 0 Å². The molecule has 4 heteroatoms. The van der Waals surface area contributed by atoms with E-state index < -0.39 is 0 Å². The van der Waals surface area contributed by atoms with Gasteiger partial charge in [0.2, 0.25) is 5.52 Å². The Morgan fingerprint density at radius 1 is 0.757 bits per heavy atom. The zero-order valence-corrected chi connectivity index (χ0v) is 22.7. The second-order valence-corrected chi connectivity index (χ2v) is 11.0. The molecule has 0 spiro atoms. The van der Waals surface area contributed by atoms with E-state index in [2.05, 4.69) is 139 Å². The van der Waals surface area contributed by atoms with Crippen LogP contribution < -0.4 is 9.47 Å². The molecule has 0 radical (unpaired) electrons. The number of rotatable bonds is 6. The van der Waals surface area contributed by atoms with Gasteiger partial charge >= 0.3 is 0 Å². The topological polar surface area (TPSA) is 7.12 Å². The van der Waals surface area contributed by atoms with Gasteiger partial charge in [0.15, 0.2) is 0 Å². The molecule has 0 saturated heterocycles. The first-order valence-electron chi connectivity index (χ1n) is 12.8. The molecule has 0 fully saturated rings. The lowest BCUT2D eigenvalue weighted by Crippen LogP contribution is -2.33. The lowest BCUT2D eigenvalue weighted by atomic mass is 10.1. The van der Waals surface area contributed by atoms with Gasteiger partial charge in [-0.15, -0.1) is 0 Å². The van der Waals surface area contributed by atoms with E-state index in [1.165, 1.54) is 52.4 Å². The molecule has 4 aromatic carbocycles. The number of hydrogen-bond donors (Lipinski definition) is 0. The highest BCUT2D eigenvalue weighted by Crippen LogP contribution is 2.49. The van der Waals surface area contributed by atoms with Crippen LogP contribution in [0.25, 0.3) is 37.8 Å². The molecule has 1 aliphatic heterocycles. The summed E-state index contributed by atoms with van der Waals surface area (Å²) in [6.07, 6.45) is 15.0. The summed E-state index contributed by atoms with van der Waals surface area (Å²) in [4.78, 5) is 3.76. The summed E-state index contributed by atoms with van der Waals surface area (Å²) in [5, 5.41) is 7.81. The van der Waals surface area contributed by atoms with E-state index in [1.807, 2.05) is 23.1 Å². The highest BCUT2D eigenvalue weighted by atomic mass is 32.2. The molecule has 0 saturated carbocycles. The third kappa shape index (κ3) is 4.41. The van der Waals surface area contributed by atoms with Crippen LogP contribution in [-0.2, 0) is 6.54 Å². The van der Waals surface area contributed by atoms with Gasteiger partial charge in [0, 0.05) is 29.0 Å². The van der Waals surface area contributed by atoms with Gasteiger partial charge < -0.3 is 4.90 Å². The van der Waals surface area contributed by atoms with Gasteiger partial charge in [-0.2, -0.15) is 4.57 Å².